The summed E-state index contributed by atoms with van der Waals surface area (Å²) in [6, 6.07) is -0.119. The maximum atomic E-state index is 10.7. The van der Waals surface area contributed by atoms with Gasteiger partial charge in [-0.1, -0.05) is 0 Å². The number of hydrogen-bond donors (Lipinski definition) is 1. The van der Waals surface area contributed by atoms with Crippen molar-refractivity contribution in [3.05, 3.63) is 21.0 Å². The molecule has 0 saturated carbocycles. The van der Waals surface area contributed by atoms with Gasteiger partial charge in [-0.3, -0.25) is 0 Å². The summed E-state index contributed by atoms with van der Waals surface area (Å²) in [7, 11) is 0. The number of hydrogen-bond acceptors (Lipinski definition) is 3. The zero-order valence-corrected chi connectivity index (χ0v) is 5.75. The molecule has 0 radical (unpaired) electrons. The fourth-order valence-corrected chi connectivity index (χ4v) is 0.636. The molecule has 0 spiro atoms. The van der Waals surface area contributed by atoms with Crippen LogP contribution in [0.1, 0.15) is 19.9 Å². The summed E-state index contributed by atoms with van der Waals surface area (Å²) < 4.78 is 5.46. The average molecular weight is 144 g/mol. The Morgan fingerprint density at radius 3 is 2.30 bits per heavy atom. The molecular weight excluding hydrogens is 136 g/mol. The molecule has 1 heterocycles. The van der Waals surface area contributed by atoms with E-state index < -0.39 is 11.4 Å². The van der Waals surface area contributed by atoms with Crippen LogP contribution < -0.4 is 11.4 Å². The normalized spacial score (nSPS) is 10.7. The van der Waals surface area contributed by atoms with Crippen LogP contribution in [0.3, 0.4) is 0 Å². The van der Waals surface area contributed by atoms with Crippen LogP contribution in [-0.4, -0.2) is 9.72 Å². The van der Waals surface area contributed by atoms with Crippen LogP contribution in [0.25, 0.3) is 0 Å². The van der Waals surface area contributed by atoms with E-state index in [1.807, 2.05) is 4.98 Å². The molecule has 0 amide bonds. The molecule has 1 N–H and O–H groups in total. The molecule has 0 atom stereocenters. The summed E-state index contributed by atoms with van der Waals surface area (Å²) in [5.41, 5.74) is -0.500. The van der Waals surface area contributed by atoms with Gasteiger partial charge in [-0.15, -0.1) is 4.74 Å². The zero-order valence-electron chi connectivity index (χ0n) is 5.75. The van der Waals surface area contributed by atoms with Gasteiger partial charge in [-0.25, -0.2) is 14.6 Å². The van der Waals surface area contributed by atoms with Crippen molar-refractivity contribution in [1.29, 1.82) is 0 Å². The Balaban J connectivity index is 3.29. The summed E-state index contributed by atoms with van der Waals surface area (Å²) in [6.45, 7) is 3.50. The Bertz CT molecular complexity index is 316. The van der Waals surface area contributed by atoms with Gasteiger partial charge < -0.3 is 4.52 Å². The summed E-state index contributed by atoms with van der Waals surface area (Å²) in [4.78, 5) is 23.0. The number of nitrogens with one attached hydrogen (secondary N) is 1. The second-order valence-electron chi connectivity index (χ2n) is 2.23. The first-order chi connectivity index (χ1) is 4.61. The topological polar surface area (TPSA) is 68.0 Å². The van der Waals surface area contributed by atoms with Crippen molar-refractivity contribution in [2.75, 3.05) is 0 Å². The van der Waals surface area contributed by atoms with Crippen LogP contribution in [-0.2, 0) is 0 Å². The molecule has 5 nitrogen and oxygen atoms in total. The molecule has 0 aliphatic heterocycles. The van der Waals surface area contributed by atoms with Crippen LogP contribution in [0, 0.1) is 0 Å². The summed E-state index contributed by atoms with van der Waals surface area (Å²) in [5, 5.41) is 0. The smallest absolute Gasteiger partial charge is 0.317 e. The van der Waals surface area contributed by atoms with E-state index in [-0.39, 0.29) is 6.04 Å². The second-order valence-corrected chi connectivity index (χ2v) is 2.23. The molecule has 1 aromatic rings. The van der Waals surface area contributed by atoms with E-state index in [1.54, 1.807) is 13.8 Å². The molecule has 0 unspecified atom stereocenters. The lowest BCUT2D eigenvalue weighted by Gasteiger charge is -1.98. The van der Waals surface area contributed by atoms with E-state index in [2.05, 4.69) is 4.52 Å². The van der Waals surface area contributed by atoms with Gasteiger partial charge in [-0.2, -0.15) is 0 Å². The van der Waals surface area contributed by atoms with Gasteiger partial charge in [0.05, 0.1) is 6.04 Å². The third-order valence-electron chi connectivity index (χ3n) is 1.06. The van der Waals surface area contributed by atoms with Crippen molar-refractivity contribution in [1.82, 2.24) is 9.72 Å². The van der Waals surface area contributed by atoms with E-state index in [9.17, 15) is 9.59 Å². The highest BCUT2D eigenvalue weighted by Gasteiger charge is 2.04. The fourth-order valence-electron chi connectivity index (χ4n) is 0.636. The second kappa shape index (κ2) is 2.17. The van der Waals surface area contributed by atoms with Crippen molar-refractivity contribution in [3.63, 3.8) is 0 Å². The molecule has 0 fully saturated rings. The van der Waals surface area contributed by atoms with Crippen molar-refractivity contribution in [2.45, 2.75) is 19.9 Å². The third kappa shape index (κ3) is 1.02. The Morgan fingerprint density at radius 2 is 2.10 bits per heavy atom. The Hall–Kier alpha value is -1.26. The first-order valence-electron chi connectivity index (χ1n) is 2.93. The van der Waals surface area contributed by atoms with Gasteiger partial charge in [0.2, 0.25) is 0 Å². The minimum Gasteiger partial charge on any atom is -0.317 e. The van der Waals surface area contributed by atoms with Gasteiger partial charge in [0.1, 0.15) is 0 Å². The SMILES string of the molecule is CC(C)n1oc(=O)[nH]c1=O. The average Bonchev–Trinajstić information content (AvgIpc) is 2.10. The lowest BCUT2D eigenvalue weighted by atomic mass is 10.4. The molecule has 0 saturated heterocycles. The summed E-state index contributed by atoms with van der Waals surface area (Å²) >= 11 is 0. The Labute approximate surface area is 56.2 Å². The molecule has 10 heavy (non-hydrogen) atoms. The largest absolute Gasteiger partial charge is 0.440 e. The lowest BCUT2D eigenvalue weighted by Crippen LogP contribution is -2.18. The fraction of sp³-hybridized carbons (Fsp3) is 0.600. The van der Waals surface area contributed by atoms with Crippen LogP contribution in [0.2, 0.25) is 0 Å². The van der Waals surface area contributed by atoms with E-state index in [1.165, 1.54) is 0 Å². The number of H-pyrrole nitrogens is 1. The van der Waals surface area contributed by atoms with Crippen LogP contribution in [0.4, 0.5) is 0 Å². The number of rotatable bonds is 1. The van der Waals surface area contributed by atoms with Gasteiger partial charge in [0, 0.05) is 0 Å². The van der Waals surface area contributed by atoms with E-state index in [4.69, 9.17) is 0 Å². The molecule has 1 rings (SSSR count). The molecule has 1 aromatic heterocycles. The summed E-state index contributed by atoms with van der Waals surface area (Å²) in [6.07, 6.45) is 0. The van der Waals surface area contributed by atoms with Gasteiger partial charge in [0.15, 0.2) is 0 Å². The number of aromatic amines is 1. The van der Waals surface area contributed by atoms with Crippen molar-refractivity contribution in [3.8, 4) is 0 Å². The molecular formula is C5H8N2O3. The van der Waals surface area contributed by atoms with Gasteiger partial charge in [0.25, 0.3) is 0 Å². The van der Waals surface area contributed by atoms with E-state index in [0.29, 0.717) is 0 Å². The first kappa shape index (κ1) is 6.85. The van der Waals surface area contributed by atoms with Crippen LogP contribution in [0.15, 0.2) is 14.1 Å². The standard InChI is InChI=1S/C5H8N2O3/c1-3(2)7-4(8)6-5(9)10-7/h3H,1-2H3,(H,6,8,9). The first-order valence-corrected chi connectivity index (χ1v) is 2.93. The number of nitrogens with zero attached hydrogens (tertiary/aromatic N) is 1. The highest BCUT2D eigenvalue weighted by atomic mass is 16.5. The minimum atomic E-state index is -0.710. The maximum absolute atomic E-state index is 10.7. The highest BCUT2D eigenvalue weighted by molar-refractivity contribution is 4.59. The predicted octanol–water partition coefficient (Wildman–Crippen LogP) is -0.290. The van der Waals surface area contributed by atoms with E-state index >= 15 is 0 Å². The minimum absolute atomic E-state index is 0.119. The van der Waals surface area contributed by atoms with Gasteiger partial charge in [-0.05, 0) is 13.8 Å². The number of aromatic nitrogens is 2. The third-order valence-corrected chi connectivity index (χ3v) is 1.06. The van der Waals surface area contributed by atoms with Crippen LogP contribution in [0.5, 0.6) is 0 Å². The van der Waals surface area contributed by atoms with Crippen LogP contribution >= 0.6 is 0 Å². The van der Waals surface area contributed by atoms with Crippen molar-refractivity contribution >= 4 is 0 Å². The van der Waals surface area contributed by atoms with Crippen molar-refractivity contribution in [2.24, 2.45) is 0 Å². The molecule has 56 valence electrons. The molecule has 0 aromatic carbocycles. The Kier molecular flexibility index (Phi) is 1.48. The molecule has 5 heteroatoms. The van der Waals surface area contributed by atoms with Gasteiger partial charge >= 0.3 is 11.4 Å². The highest BCUT2D eigenvalue weighted by Crippen LogP contribution is 1.94. The predicted molar refractivity (Wildman–Crippen MR) is 34.0 cm³/mol. The van der Waals surface area contributed by atoms with E-state index in [0.717, 1.165) is 4.74 Å². The molecule has 0 bridgehead atoms. The molecule has 0 aliphatic carbocycles. The Morgan fingerprint density at radius 1 is 1.50 bits per heavy atom. The lowest BCUT2D eigenvalue weighted by molar-refractivity contribution is 0.216. The summed E-state index contributed by atoms with van der Waals surface area (Å²) in [5.74, 6) is -0.710. The quantitative estimate of drug-likeness (QED) is 0.588. The van der Waals surface area contributed by atoms with Crippen molar-refractivity contribution < 1.29 is 4.52 Å². The molecule has 0 aliphatic rings. The maximum Gasteiger partial charge on any atom is 0.440 e. The monoisotopic (exact) mass is 144 g/mol. The zero-order chi connectivity index (χ0) is 7.72.